The van der Waals surface area contributed by atoms with Crippen molar-refractivity contribution in [2.75, 3.05) is 18.5 Å². The summed E-state index contributed by atoms with van der Waals surface area (Å²) in [4.78, 5) is 29.3. The summed E-state index contributed by atoms with van der Waals surface area (Å²) in [5, 5.41) is 17.8. The second-order valence-corrected chi connectivity index (χ2v) is 8.29. The first-order valence-corrected chi connectivity index (χ1v) is 11.0. The topological polar surface area (TPSA) is 113 Å². The normalized spacial score (nSPS) is 17.4. The molecule has 11 heteroatoms. The van der Waals surface area contributed by atoms with Crippen LogP contribution in [-0.2, 0) is 22.3 Å². The number of pyridine rings is 1. The summed E-state index contributed by atoms with van der Waals surface area (Å²) in [5.41, 5.74) is -0.801. The van der Waals surface area contributed by atoms with Gasteiger partial charge in [0.2, 0.25) is 11.8 Å². The molecule has 8 nitrogen and oxygen atoms in total. The molecule has 1 unspecified atom stereocenters. The molecule has 0 spiro atoms. The zero-order chi connectivity index (χ0) is 25.8. The molecule has 2 amide bonds. The van der Waals surface area contributed by atoms with Crippen LogP contribution in [0.5, 0.6) is 5.88 Å². The Bertz CT molecular complexity index is 1240. The summed E-state index contributed by atoms with van der Waals surface area (Å²) in [6, 6.07) is 14.4. The quantitative estimate of drug-likeness (QED) is 0.393. The first-order valence-electron chi connectivity index (χ1n) is 11.0. The van der Waals surface area contributed by atoms with Gasteiger partial charge in [-0.25, -0.2) is 4.98 Å². The van der Waals surface area contributed by atoms with E-state index in [9.17, 15) is 27.9 Å². The monoisotopic (exact) mass is 500 g/mol. The number of hydrogen-bond donors (Lipinski definition) is 4. The van der Waals surface area contributed by atoms with Gasteiger partial charge in [-0.1, -0.05) is 24.3 Å². The third kappa shape index (κ3) is 5.74. The van der Waals surface area contributed by atoms with Gasteiger partial charge in [0.05, 0.1) is 17.9 Å². The molecule has 1 aliphatic heterocycles. The smallest absolute Gasteiger partial charge is 0.418 e. The number of ether oxygens (including phenoxy) is 1. The molecule has 4 N–H and O–H groups in total. The van der Waals surface area contributed by atoms with Crippen LogP contribution in [0.3, 0.4) is 0 Å². The molecule has 0 radical (unpaired) electrons. The highest BCUT2D eigenvalue weighted by Crippen LogP contribution is 2.35. The zero-order valence-electron chi connectivity index (χ0n) is 18.9. The third-order valence-corrected chi connectivity index (χ3v) is 5.74. The predicted octanol–water partition coefficient (Wildman–Crippen LogP) is 3.75. The van der Waals surface area contributed by atoms with Crippen molar-refractivity contribution >= 4 is 23.2 Å². The lowest BCUT2D eigenvalue weighted by atomic mass is 9.96. The maximum atomic E-state index is 13.2. The van der Waals surface area contributed by atoms with Crippen LogP contribution >= 0.6 is 0 Å². The molecule has 1 atom stereocenters. The third-order valence-electron chi connectivity index (χ3n) is 5.74. The zero-order valence-corrected chi connectivity index (χ0v) is 18.9. The fourth-order valence-corrected chi connectivity index (χ4v) is 3.80. The van der Waals surface area contributed by atoms with E-state index in [0.717, 1.165) is 6.07 Å². The summed E-state index contributed by atoms with van der Waals surface area (Å²) < 4.78 is 45.0. The summed E-state index contributed by atoms with van der Waals surface area (Å²) in [7, 11) is 0. The molecule has 1 saturated heterocycles. The Balaban J connectivity index is 1.39. The summed E-state index contributed by atoms with van der Waals surface area (Å²) in [6.45, 7) is 0.407. The Morgan fingerprint density at radius 1 is 1.08 bits per heavy atom. The predicted molar refractivity (Wildman–Crippen MR) is 125 cm³/mol. The SMILES string of the molecule is O=C(NC1(C(=O)NCc2ccc(Nc3ccccc3C(F)(F)F)cc2)CCOC1)c1ccnc(O)c1. The van der Waals surface area contributed by atoms with Crippen molar-refractivity contribution in [3.63, 3.8) is 0 Å². The van der Waals surface area contributed by atoms with Gasteiger partial charge in [0.15, 0.2) is 0 Å². The fourth-order valence-electron chi connectivity index (χ4n) is 3.80. The molecule has 1 aromatic heterocycles. The van der Waals surface area contributed by atoms with Gasteiger partial charge in [0.1, 0.15) is 5.54 Å². The van der Waals surface area contributed by atoms with E-state index >= 15 is 0 Å². The van der Waals surface area contributed by atoms with E-state index < -0.39 is 29.1 Å². The van der Waals surface area contributed by atoms with E-state index in [-0.39, 0.29) is 43.3 Å². The van der Waals surface area contributed by atoms with Gasteiger partial charge in [0.25, 0.3) is 5.91 Å². The Kier molecular flexibility index (Phi) is 7.11. The van der Waals surface area contributed by atoms with Crippen LogP contribution in [-0.4, -0.2) is 40.7 Å². The molecule has 4 rings (SSSR count). The van der Waals surface area contributed by atoms with Gasteiger partial charge in [-0.05, 0) is 35.9 Å². The first kappa shape index (κ1) is 25.0. The molecule has 1 aliphatic rings. The van der Waals surface area contributed by atoms with E-state index in [1.54, 1.807) is 24.3 Å². The Labute approximate surface area is 204 Å². The number of rotatable bonds is 7. The van der Waals surface area contributed by atoms with Gasteiger partial charge in [-0.15, -0.1) is 0 Å². The van der Waals surface area contributed by atoms with Crippen LogP contribution in [0.2, 0.25) is 0 Å². The number of benzene rings is 2. The molecule has 1 fully saturated rings. The number of halogens is 3. The highest BCUT2D eigenvalue weighted by Gasteiger charge is 2.43. The maximum Gasteiger partial charge on any atom is 0.418 e. The van der Waals surface area contributed by atoms with Gasteiger partial charge in [0, 0.05) is 43.1 Å². The van der Waals surface area contributed by atoms with E-state index in [2.05, 4.69) is 20.9 Å². The molecule has 0 saturated carbocycles. The minimum absolute atomic E-state index is 0.0108. The number of para-hydroxylation sites is 1. The molecule has 0 aliphatic carbocycles. The summed E-state index contributed by atoms with van der Waals surface area (Å²) in [5.74, 6) is -1.31. The Hall–Kier alpha value is -4.12. The van der Waals surface area contributed by atoms with Crippen LogP contribution in [0, 0.1) is 0 Å². The number of hydrogen-bond acceptors (Lipinski definition) is 6. The van der Waals surface area contributed by atoms with E-state index in [0.29, 0.717) is 11.3 Å². The van der Waals surface area contributed by atoms with Crippen molar-refractivity contribution in [3.8, 4) is 5.88 Å². The minimum Gasteiger partial charge on any atom is -0.493 e. The number of carbonyl (C=O) groups excluding carboxylic acids is 2. The second kappa shape index (κ2) is 10.2. The standard InChI is InChI=1S/C25H23F3N4O4/c26-25(27,28)19-3-1-2-4-20(19)31-18-7-5-16(6-8-18)14-30-23(35)24(10-12-36-15-24)32-22(34)17-9-11-29-21(33)13-17/h1-9,11,13,31H,10,12,14-15H2,(H,29,33)(H,30,35)(H,32,34). The molecule has 2 heterocycles. The molecule has 188 valence electrons. The molecule has 0 bridgehead atoms. The van der Waals surface area contributed by atoms with E-state index in [4.69, 9.17) is 4.74 Å². The lowest BCUT2D eigenvalue weighted by molar-refractivity contribution is -0.137. The van der Waals surface area contributed by atoms with Gasteiger partial charge < -0.3 is 25.8 Å². The van der Waals surface area contributed by atoms with Crippen LogP contribution in [0.15, 0.2) is 66.9 Å². The number of aromatic hydroxyl groups is 1. The van der Waals surface area contributed by atoms with E-state index in [1.807, 2.05) is 0 Å². The number of nitrogens with one attached hydrogen (secondary N) is 3. The number of nitrogens with zero attached hydrogens (tertiary/aromatic N) is 1. The van der Waals surface area contributed by atoms with Crippen LogP contribution in [0.1, 0.15) is 27.9 Å². The second-order valence-electron chi connectivity index (χ2n) is 8.29. The molecule has 36 heavy (non-hydrogen) atoms. The summed E-state index contributed by atoms with van der Waals surface area (Å²) in [6.07, 6.45) is -2.94. The van der Waals surface area contributed by atoms with Crippen molar-refractivity contribution in [2.24, 2.45) is 0 Å². The molecule has 2 aromatic carbocycles. The van der Waals surface area contributed by atoms with Crippen molar-refractivity contribution < 1.29 is 32.6 Å². The van der Waals surface area contributed by atoms with Crippen LogP contribution in [0.4, 0.5) is 24.5 Å². The maximum absolute atomic E-state index is 13.2. The average molecular weight is 500 g/mol. The van der Waals surface area contributed by atoms with Crippen molar-refractivity contribution in [3.05, 3.63) is 83.6 Å². The minimum atomic E-state index is -4.49. The fraction of sp³-hybridized carbons (Fsp3) is 0.240. The van der Waals surface area contributed by atoms with Gasteiger partial charge in [-0.3, -0.25) is 9.59 Å². The van der Waals surface area contributed by atoms with Crippen molar-refractivity contribution in [2.45, 2.75) is 24.7 Å². The lowest BCUT2D eigenvalue weighted by Gasteiger charge is -2.27. The number of amides is 2. The highest BCUT2D eigenvalue weighted by atomic mass is 19.4. The van der Waals surface area contributed by atoms with Gasteiger partial charge in [-0.2, -0.15) is 13.2 Å². The Morgan fingerprint density at radius 2 is 1.83 bits per heavy atom. The highest BCUT2D eigenvalue weighted by molar-refractivity contribution is 5.99. The number of carbonyl (C=O) groups is 2. The van der Waals surface area contributed by atoms with Crippen molar-refractivity contribution in [1.29, 1.82) is 0 Å². The average Bonchev–Trinajstić information content (AvgIpc) is 3.33. The molecular weight excluding hydrogens is 477 g/mol. The van der Waals surface area contributed by atoms with Crippen LogP contribution < -0.4 is 16.0 Å². The number of alkyl halides is 3. The summed E-state index contributed by atoms with van der Waals surface area (Å²) >= 11 is 0. The van der Waals surface area contributed by atoms with Crippen LogP contribution in [0.25, 0.3) is 0 Å². The number of anilines is 2. The first-order chi connectivity index (χ1) is 17.2. The molecule has 3 aromatic rings. The lowest BCUT2D eigenvalue weighted by Crippen LogP contribution is -2.59. The van der Waals surface area contributed by atoms with Gasteiger partial charge >= 0.3 is 6.18 Å². The van der Waals surface area contributed by atoms with E-state index in [1.165, 1.54) is 36.5 Å². The van der Waals surface area contributed by atoms with Crippen molar-refractivity contribution in [1.82, 2.24) is 15.6 Å². The Morgan fingerprint density at radius 3 is 2.50 bits per heavy atom. The number of aromatic nitrogens is 1. The molecular formula is C25H23F3N4O4. The largest absolute Gasteiger partial charge is 0.493 e.